The van der Waals surface area contributed by atoms with E-state index < -0.39 is 0 Å². The van der Waals surface area contributed by atoms with Crippen molar-refractivity contribution in [3.05, 3.63) is 16.7 Å². The van der Waals surface area contributed by atoms with Crippen LogP contribution in [0.3, 0.4) is 0 Å². The van der Waals surface area contributed by atoms with Crippen molar-refractivity contribution in [2.24, 2.45) is 0 Å². The van der Waals surface area contributed by atoms with Crippen molar-refractivity contribution in [3.8, 4) is 17.2 Å². The lowest BCUT2D eigenvalue weighted by molar-refractivity contribution is -0.116. The Bertz CT molecular complexity index is 442. The van der Waals surface area contributed by atoms with Crippen molar-refractivity contribution in [1.82, 2.24) is 0 Å². The first-order valence-corrected chi connectivity index (χ1v) is 5.26. The van der Waals surface area contributed by atoms with Crippen LogP contribution >= 0.6 is 11.6 Å². The van der Waals surface area contributed by atoms with E-state index in [1.807, 2.05) is 0 Å². The van der Waals surface area contributed by atoms with Crippen LogP contribution in [0.25, 0.3) is 0 Å². The number of phenolic OH excluding ortho intramolecular Hbond substituents is 1. The van der Waals surface area contributed by atoms with E-state index in [0.29, 0.717) is 30.3 Å². The van der Waals surface area contributed by atoms with E-state index in [4.69, 9.17) is 21.1 Å². The summed E-state index contributed by atoms with van der Waals surface area (Å²) in [6.07, 6.45) is 0.127. The number of fused-ring (bicyclic) bond motifs is 1. The highest BCUT2D eigenvalue weighted by atomic mass is 35.5. The van der Waals surface area contributed by atoms with Gasteiger partial charge in [0, 0.05) is 12.0 Å². The Labute approximate surface area is 97.7 Å². The van der Waals surface area contributed by atoms with Gasteiger partial charge < -0.3 is 14.6 Å². The highest BCUT2D eigenvalue weighted by Crippen LogP contribution is 2.44. The number of ketones is 1. The topological polar surface area (TPSA) is 55.8 Å². The van der Waals surface area contributed by atoms with Gasteiger partial charge in [-0.25, -0.2) is 0 Å². The predicted molar refractivity (Wildman–Crippen MR) is 58.5 cm³/mol. The normalized spacial score (nSPS) is 13.6. The number of halogens is 1. The van der Waals surface area contributed by atoms with Gasteiger partial charge in [0.1, 0.15) is 29.8 Å². The molecule has 0 aliphatic carbocycles. The standard InChI is InChI=1S/C11H11ClO4/c1-6(13)4-7-5-8-11(9(12)10(7)14)16-3-2-15-8/h5,14H,2-4H2,1H3. The van der Waals surface area contributed by atoms with Gasteiger partial charge in [0.15, 0.2) is 11.5 Å². The van der Waals surface area contributed by atoms with E-state index in [-0.39, 0.29) is 23.0 Å². The number of rotatable bonds is 2. The summed E-state index contributed by atoms with van der Waals surface area (Å²) < 4.78 is 10.6. The molecule has 86 valence electrons. The Morgan fingerprint density at radius 2 is 2.19 bits per heavy atom. The van der Waals surface area contributed by atoms with Gasteiger partial charge in [-0.05, 0) is 13.0 Å². The maximum absolute atomic E-state index is 11.0. The molecule has 1 heterocycles. The van der Waals surface area contributed by atoms with E-state index in [1.54, 1.807) is 6.07 Å². The van der Waals surface area contributed by atoms with Gasteiger partial charge in [0.25, 0.3) is 0 Å². The summed E-state index contributed by atoms with van der Waals surface area (Å²) in [5.41, 5.74) is 0.460. The van der Waals surface area contributed by atoms with Gasteiger partial charge in [-0.2, -0.15) is 0 Å². The lowest BCUT2D eigenvalue weighted by atomic mass is 10.1. The molecule has 4 nitrogen and oxygen atoms in total. The number of carbonyl (C=O) groups excluding carboxylic acids is 1. The van der Waals surface area contributed by atoms with E-state index in [9.17, 15) is 9.90 Å². The second-order valence-corrected chi connectivity index (χ2v) is 3.98. The molecule has 0 radical (unpaired) electrons. The molecule has 0 atom stereocenters. The first-order chi connectivity index (χ1) is 7.59. The van der Waals surface area contributed by atoms with Crippen LogP contribution in [0.2, 0.25) is 5.02 Å². The molecule has 1 aromatic rings. The molecule has 0 fully saturated rings. The maximum atomic E-state index is 11.0. The third-order valence-electron chi connectivity index (χ3n) is 2.27. The Kier molecular flexibility index (Phi) is 2.92. The molecule has 0 saturated heterocycles. The molecular weight excluding hydrogens is 232 g/mol. The lowest BCUT2D eigenvalue weighted by Gasteiger charge is -2.21. The minimum Gasteiger partial charge on any atom is -0.506 e. The zero-order chi connectivity index (χ0) is 11.7. The number of benzene rings is 1. The Hall–Kier alpha value is -1.42. The van der Waals surface area contributed by atoms with Crippen LogP contribution in [0.4, 0.5) is 0 Å². The Balaban J connectivity index is 2.48. The first kappa shape index (κ1) is 11.1. The second-order valence-electron chi connectivity index (χ2n) is 3.60. The summed E-state index contributed by atoms with van der Waals surface area (Å²) in [5.74, 6) is 0.659. The Morgan fingerprint density at radius 1 is 1.50 bits per heavy atom. The number of phenols is 1. The molecule has 1 aliphatic heterocycles. The van der Waals surface area contributed by atoms with Crippen molar-refractivity contribution in [1.29, 1.82) is 0 Å². The molecule has 0 spiro atoms. The summed E-state index contributed by atoms with van der Waals surface area (Å²) in [4.78, 5) is 11.0. The fourth-order valence-corrected chi connectivity index (χ4v) is 1.86. The molecule has 0 saturated carbocycles. The van der Waals surface area contributed by atoms with Crippen LogP contribution in [-0.4, -0.2) is 24.1 Å². The van der Waals surface area contributed by atoms with Crippen molar-refractivity contribution in [3.63, 3.8) is 0 Å². The highest BCUT2D eigenvalue weighted by Gasteiger charge is 2.21. The monoisotopic (exact) mass is 242 g/mol. The number of hydrogen-bond acceptors (Lipinski definition) is 4. The van der Waals surface area contributed by atoms with Gasteiger partial charge in [-0.15, -0.1) is 0 Å². The van der Waals surface area contributed by atoms with E-state index >= 15 is 0 Å². The summed E-state index contributed by atoms with van der Waals surface area (Å²) in [6, 6.07) is 1.59. The SMILES string of the molecule is CC(=O)Cc1cc2c(c(Cl)c1O)OCCO2. The van der Waals surface area contributed by atoms with Crippen LogP contribution in [0.1, 0.15) is 12.5 Å². The molecule has 2 rings (SSSR count). The average molecular weight is 243 g/mol. The molecule has 0 aromatic heterocycles. The summed E-state index contributed by atoms with van der Waals surface area (Å²) in [6.45, 7) is 2.29. The molecule has 0 amide bonds. The second kappa shape index (κ2) is 4.22. The Morgan fingerprint density at radius 3 is 2.88 bits per heavy atom. The van der Waals surface area contributed by atoms with Gasteiger partial charge in [-0.1, -0.05) is 11.6 Å². The molecular formula is C11H11ClO4. The van der Waals surface area contributed by atoms with Gasteiger partial charge >= 0.3 is 0 Å². The molecule has 16 heavy (non-hydrogen) atoms. The maximum Gasteiger partial charge on any atom is 0.183 e. The molecule has 0 unspecified atom stereocenters. The first-order valence-electron chi connectivity index (χ1n) is 4.89. The fraction of sp³-hybridized carbons (Fsp3) is 0.364. The third-order valence-corrected chi connectivity index (χ3v) is 2.62. The largest absolute Gasteiger partial charge is 0.506 e. The average Bonchev–Trinajstić information content (AvgIpc) is 2.25. The smallest absolute Gasteiger partial charge is 0.183 e. The van der Waals surface area contributed by atoms with Crippen LogP contribution < -0.4 is 9.47 Å². The molecule has 1 aliphatic rings. The molecule has 5 heteroatoms. The quantitative estimate of drug-likeness (QED) is 0.861. The van der Waals surface area contributed by atoms with Gasteiger partial charge in [0.05, 0.1) is 0 Å². The predicted octanol–water partition coefficient (Wildman–Crippen LogP) is 1.95. The van der Waals surface area contributed by atoms with Gasteiger partial charge in [0.2, 0.25) is 0 Å². The van der Waals surface area contributed by atoms with Crippen molar-refractivity contribution < 1.29 is 19.4 Å². The van der Waals surface area contributed by atoms with Gasteiger partial charge in [-0.3, -0.25) is 4.79 Å². The minimum atomic E-state index is -0.110. The minimum absolute atomic E-state index is 0.0527. The van der Waals surface area contributed by atoms with E-state index in [2.05, 4.69) is 0 Å². The summed E-state index contributed by atoms with van der Waals surface area (Å²) in [5, 5.41) is 9.89. The molecule has 1 aromatic carbocycles. The van der Waals surface area contributed by atoms with Crippen LogP contribution in [0.15, 0.2) is 6.07 Å². The number of ether oxygens (including phenoxy) is 2. The van der Waals surface area contributed by atoms with Crippen LogP contribution in [0.5, 0.6) is 17.2 Å². The van der Waals surface area contributed by atoms with E-state index in [1.165, 1.54) is 6.92 Å². The van der Waals surface area contributed by atoms with Crippen molar-refractivity contribution in [2.45, 2.75) is 13.3 Å². The molecule has 0 bridgehead atoms. The summed E-state index contributed by atoms with van der Waals surface area (Å²) >= 11 is 5.93. The number of Topliss-reactive ketones (excluding diaryl/α,β-unsaturated/α-hetero) is 1. The zero-order valence-electron chi connectivity index (χ0n) is 8.75. The molecule has 1 N–H and O–H groups in total. The van der Waals surface area contributed by atoms with Crippen LogP contribution in [0, 0.1) is 0 Å². The van der Waals surface area contributed by atoms with Crippen LogP contribution in [-0.2, 0) is 11.2 Å². The number of aromatic hydroxyl groups is 1. The summed E-state index contributed by atoms with van der Waals surface area (Å²) in [7, 11) is 0. The number of hydrogen-bond donors (Lipinski definition) is 1. The van der Waals surface area contributed by atoms with E-state index in [0.717, 1.165) is 0 Å². The van der Waals surface area contributed by atoms with Crippen molar-refractivity contribution in [2.75, 3.05) is 13.2 Å². The number of carbonyl (C=O) groups is 1. The zero-order valence-corrected chi connectivity index (χ0v) is 9.50. The fourth-order valence-electron chi connectivity index (χ4n) is 1.59. The lowest BCUT2D eigenvalue weighted by Crippen LogP contribution is -2.16. The highest BCUT2D eigenvalue weighted by molar-refractivity contribution is 6.34. The third kappa shape index (κ3) is 1.93. The van der Waals surface area contributed by atoms with Crippen molar-refractivity contribution >= 4 is 17.4 Å².